The molecule has 0 bridgehead atoms. The summed E-state index contributed by atoms with van der Waals surface area (Å²) in [4.78, 5) is 0.146. The maximum absolute atomic E-state index is 12.7. The van der Waals surface area contributed by atoms with Gasteiger partial charge in [-0.15, -0.1) is 0 Å². The lowest BCUT2D eigenvalue weighted by atomic mass is 10.1. The zero-order valence-corrected chi connectivity index (χ0v) is 12.6. The summed E-state index contributed by atoms with van der Waals surface area (Å²) in [5, 5.41) is 0. The van der Waals surface area contributed by atoms with Gasteiger partial charge in [0.25, 0.3) is 0 Å². The van der Waals surface area contributed by atoms with E-state index in [-0.39, 0.29) is 4.90 Å². The monoisotopic (exact) mass is 296 g/mol. The Hall–Kier alpha value is -1.53. The Balaban J connectivity index is 2.41. The van der Waals surface area contributed by atoms with Gasteiger partial charge in [-0.3, -0.25) is 0 Å². The van der Waals surface area contributed by atoms with Crippen LogP contribution in [0.15, 0.2) is 34.7 Å². The maximum Gasteiger partial charge on any atom is 0.247 e. The molecule has 0 fully saturated rings. The van der Waals surface area contributed by atoms with Gasteiger partial charge in [0, 0.05) is 18.8 Å². The van der Waals surface area contributed by atoms with Crippen molar-refractivity contribution in [3.63, 3.8) is 0 Å². The zero-order chi connectivity index (χ0) is 14.8. The first-order chi connectivity index (χ1) is 9.45. The molecule has 0 saturated heterocycles. The van der Waals surface area contributed by atoms with Gasteiger partial charge in [-0.2, -0.15) is 4.31 Å². The second-order valence-corrected chi connectivity index (χ2v) is 6.71. The Morgan fingerprint density at radius 3 is 2.75 bits per heavy atom. The van der Waals surface area contributed by atoms with Crippen LogP contribution in [0.1, 0.15) is 20.3 Å². The molecule has 0 atom stereocenters. The fourth-order valence-corrected chi connectivity index (χ4v) is 3.66. The second kappa shape index (κ2) is 5.85. The standard InChI is InChI=1S/C14H20N2O3S/c1-3-19-13-5-4-12(15)10-14(13)20(17,18)16-8-6-11(2)7-9-16/h4-6,10H,3,7-9,15H2,1-2H3. The molecule has 1 aromatic carbocycles. The van der Waals surface area contributed by atoms with Crippen LogP contribution in [0, 0.1) is 0 Å². The number of ether oxygens (including phenoxy) is 1. The van der Waals surface area contributed by atoms with E-state index < -0.39 is 10.0 Å². The van der Waals surface area contributed by atoms with Crippen LogP contribution in [0.5, 0.6) is 5.75 Å². The van der Waals surface area contributed by atoms with Gasteiger partial charge in [0.2, 0.25) is 10.0 Å². The van der Waals surface area contributed by atoms with E-state index in [0.29, 0.717) is 31.1 Å². The SMILES string of the molecule is CCOc1ccc(N)cc1S(=O)(=O)N1CC=C(C)CC1. The van der Waals surface area contributed by atoms with Crippen molar-refractivity contribution in [2.24, 2.45) is 0 Å². The minimum absolute atomic E-state index is 0.146. The highest BCUT2D eigenvalue weighted by atomic mass is 32.2. The molecule has 2 rings (SSSR count). The highest BCUT2D eigenvalue weighted by Gasteiger charge is 2.28. The Morgan fingerprint density at radius 2 is 2.15 bits per heavy atom. The number of hydrogen-bond acceptors (Lipinski definition) is 4. The Morgan fingerprint density at radius 1 is 1.40 bits per heavy atom. The average Bonchev–Trinajstić information content (AvgIpc) is 2.41. The lowest BCUT2D eigenvalue weighted by molar-refractivity contribution is 0.329. The van der Waals surface area contributed by atoms with Crippen LogP contribution in [0.25, 0.3) is 0 Å². The van der Waals surface area contributed by atoms with Gasteiger partial charge < -0.3 is 10.5 Å². The smallest absolute Gasteiger partial charge is 0.247 e. The first-order valence-corrected chi connectivity index (χ1v) is 8.07. The largest absolute Gasteiger partial charge is 0.492 e. The van der Waals surface area contributed by atoms with Crippen LogP contribution in [-0.4, -0.2) is 32.4 Å². The molecular formula is C14H20N2O3S. The number of benzene rings is 1. The summed E-state index contributed by atoms with van der Waals surface area (Å²) < 4.78 is 32.3. The van der Waals surface area contributed by atoms with Crippen LogP contribution in [0.2, 0.25) is 0 Å². The maximum atomic E-state index is 12.7. The topological polar surface area (TPSA) is 72.6 Å². The number of anilines is 1. The molecule has 0 radical (unpaired) electrons. The molecule has 0 spiro atoms. The Bertz CT molecular complexity index is 623. The van der Waals surface area contributed by atoms with E-state index in [2.05, 4.69) is 0 Å². The molecule has 0 unspecified atom stereocenters. The minimum atomic E-state index is -3.58. The van der Waals surface area contributed by atoms with Crippen LogP contribution in [-0.2, 0) is 10.0 Å². The van der Waals surface area contributed by atoms with Crippen molar-refractivity contribution in [1.82, 2.24) is 4.31 Å². The molecule has 2 N–H and O–H groups in total. The van der Waals surface area contributed by atoms with Gasteiger partial charge in [-0.25, -0.2) is 8.42 Å². The van der Waals surface area contributed by atoms with Gasteiger partial charge in [0.05, 0.1) is 6.61 Å². The highest BCUT2D eigenvalue weighted by Crippen LogP contribution is 2.30. The third-order valence-corrected chi connectivity index (χ3v) is 5.17. The van der Waals surface area contributed by atoms with Crippen LogP contribution < -0.4 is 10.5 Å². The van der Waals surface area contributed by atoms with Gasteiger partial charge in [0.1, 0.15) is 10.6 Å². The van der Waals surface area contributed by atoms with E-state index in [4.69, 9.17) is 10.5 Å². The van der Waals surface area contributed by atoms with E-state index in [1.807, 2.05) is 19.9 Å². The summed E-state index contributed by atoms with van der Waals surface area (Å²) >= 11 is 0. The first kappa shape index (κ1) is 14.9. The third kappa shape index (κ3) is 2.96. The number of rotatable bonds is 4. The van der Waals surface area contributed by atoms with Gasteiger partial charge in [-0.1, -0.05) is 11.6 Å². The molecule has 1 aliphatic heterocycles. The van der Waals surface area contributed by atoms with Crippen LogP contribution >= 0.6 is 0 Å². The highest BCUT2D eigenvalue weighted by molar-refractivity contribution is 7.89. The molecule has 0 saturated carbocycles. The number of hydrogen-bond donors (Lipinski definition) is 1. The third-order valence-electron chi connectivity index (χ3n) is 3.28. The van der Waals surface area contributed by atoms with Crippen molar-refractivity contribution in [2.45, 2.75) is 25.2 Å². The van der Waals surface area contributed by atoms with Crippen molar-refractivity contribution in [2.75, 3.05) is 25.4 Å². The molecule has 110 valence electrons. The zero-order valence-electron chi connectivity index (χ0n) is 11.8. The fourth-order valence-electron chi connectivity index (χ4n) is 2.11. The van der Waals surface area contributed by atoms with Crippen LogP contribution in [0.4, 0.5) is 5.69 Å². The van der Waals surface area contributed by atoms with Crippen molar-refractivity contribution in [3.8, 4) is 5.75 Å². The quantitative estimate of drug-likeness (QED) is 0.681. The van der Waals surface area contributed by atoms with Crippen LogP contribution in [0.3, 0.4) is 0 Å². The molecule has 20 heavy (non-hydrogen) atoms. The Kier molecular flexibility index (Phi) is 4.35. The number of nitrogens with zero attached hydrogens (tertiary/aromatic N) is 1. The number of nitrogen functional groups attached to an aromatic ring is 1. The molecular weight excluding hydrogens is 276 g/mol. The lowest BCUT2D eigenvalue weighted by Crippen LogP contribution is -2.34. The molecule has 0 amide bonds. The normalized spacial score (nSPS) is 16.8. The van der Waals surface area contributed by atoms with E-state index in [1.165, 1.54) is 15.9 Å². The molecule has 1 aliphatic rings. The lowest BCUT2D eigenvalue weighted by Gasteiger charge is -2.25. The minimum Gasteiger partial charge on any atom is -0.492 e. The number of nitrogens with two attached hydrogens (primary N) is 1. The van der Waals surface area contributed by atoms with Crippen molar-refractivity contribution in [3.05, 3.63) is 29.8 Å². The summed E-state index contributed by atoms with van der Waals surface area (Å²) in [7, 11) is -3.58. The van der Waals surface area contributed by atoms with E-state index in [0.717, 1.165) is 6.42 Å². The van der Waals surface area contributed by atoms with E-state index >= 15 is 0 Å². The predicted octanol–water partition coefficient (Wildman–Crippen LogP) is 2.01. The molecule has 6 heteroatoms. The number of sulfonamides is 1. The molecule has 1 aromatic rings. The van der Waals surface area contributed by atoms with E-state index in [1.54, 1.807) is 12.1 Å². The summed E-state index contributed by atoms with van der Waals surface area (Å²) in [6.45, 7) is 5.13. The average molecular weight is 296 g/mol. The summed E-state index contributed by atoms with van der Waals surface area (Å²) in [6.07, 6.45) is 2.69. The van der Waals surface area contributed by atoms with Crippen molar-refractivity contribution < 1.29 is 13.2 Å². The molecule has 1 heterocycles. The van der Waals surface area contributed by atoms with Gasteiger partial charge in [0.15, 0.2) is 0 Å². The molecule has 0 aromatic heterocycles. The van der Waals surface area contributed by atoms with Gasteiger partial charge in [-0.05, 0) is 38.5 Å². The van der Waals surface area contributed by atoms with Gasteiger partial charge >= 0.3 is 0 Å². The summed E-state index contributed by atoms with van der Waals surface area (Å²) in [6, 6.07) is 4.71. The molecule has 5 nitrogen and oxygen atoms in total. The first-order valence-electron chi connectivity index (χ1n) is 6.63. The predicted molar refractivity (Wildman–Crippen MR) is 79.2 cm³/mol. The Labute approximate surface area is 120 Å². The summed E-state index contributed by atoms with van der Waals surface area (Å²) in [5.41, 5.74) is 7.35. The molecule has 0 aliphatic carbocycles. The van der Waals surface area contributed by atoms with Crippen molar-refractivity contribution >= 4 is 15.7 Å². The fraction of sp³-hybridized carbons (Fsp3) is 0.429. The summed E-state index contributed by atoms with van der Waals surface area (Å²) in [5.74, 6) is 0.355. The second-order valence-electron chi connectivity index (χ2n) is 4.80. The van der Waals surface area contributed by atoms with Crippen molar-refractivity contribution in [1.29, 1.82) is 0 Å². The van der Waals surface area contributed by atoms with E-state index in [9.17, 15) is 8.42 Å².